The highest BCUT2D eigenvalue weighted by Crippen LogP contribution is 2.23. The average Bonchev–Trinajstić information content (AvgIpc) is 2.41. The van der Waals surface area contributed by atoms with Crippen molar-refractivity contribution in [2.24, 2.45) is 0 Å². The summed E-state index contributed by atoms with van der Waals surface area (Å²) < 4.78 is 26.8. The van der Waals surface area contributed by atoms with Gasteiger partial charge >= 0.3 is 0 Å². The molecule has 2 rings (SSSR count). The molecule has 1 N–H and O–H groups in total. The zero-order chi connectivity index (χ0) is 13.0. The van der Waals surface area contributed by atoms with Gasteiger partial charge in [-0.2, -0.15) is 4.31 Å². The van der Waals surface area contributed by atoms with E-state index >= 15 is 0 Å². The van der Waals surface area contributed by atoms with Gasteiger partial charge in [0.05, 0.1) is 4.90 Å². The lowest BCUT2D eigenvalue weighted by Gasteiger charge is -2.26. The van der Waals surface area contributed by atoms with Crippen molar-refractivity contribution in [1.29, 1.82) is 0 Å². The number of piperidine rings is 1. The third kappa shape index (κ3) is 2.74. The van der Waals surface area contributed by atoms with Crippen LogP contribution < -0.4 is 5.32 Å². The van der Waals surface area contributed by atoms with E-state index in [0.717, 1.165) is 24.8 Å². The highest BCUT2D eigenvalue weighted by molar-refractivity contribution is 7.89. The number of rotatable bonds is 4. The number of nitrogens with one attached hydrogen (secondary N) is 1. The fraction of sp³-hybridized carbons (Fsp3) is 0.538. The number of hydrogen-bond acceptors (Lipinski definition) is 3. The number of hydrogen-bond donors (Lipinski definition) is 1. The second-order valence-corrected chi connectivity index (χ2v) is 6.51. The van der Waals surface area contributed by atoms with Gasteiger partial charge in [-0.15, -0.1) is 0 Å². The largest absolute Gasteiger partial charge is 0.316 e. The first-order valence-corrected chi connectivity index (χ1v) is 7.83. The molecule has 1 heterocycles. The molecule has 0 atom stereocenters. The summed E-state index contributed by atoms with van der Waals surface area (Å²) in [6, 6.07) is 7.24. The van der Waals surface area contributed by atoms with Crippen LogP contribution in [0.5, 0.6) is 0 Å². The van der Waals surface area contributed by atoms with E-state index in [-0.39, 0.29) is 0 Å². The van der Waals surface area contributed by atoms with Crippen LogP contribution in [0.2, 0.25) is 0 Å². The second kappa shape index (κ2) is 5.82. The van der Waals surface area contributed by atoms with Crippen molar-refractivity contribution in [3.63, 3.8) is 0 Å². The van der Waals surface area contributed by atoms with E-state index in [0.29, 0.717) is 24.5 Å². The summed E-state index contributed by atoms with van der Waals surface area (Å²) in [5.41, 5.74) is 0.838. The van der Waals surface area contributed by atoms with Crippen molar-refractivity contribution in [1.82, 2.24) is 9.62 Å². The van der Waals surface area contributed by atoms with Crippen molar-refractivity contribution in [3.05, 3.63) is 29.8 Å². The Morgan fingerprint density at radius 1 is 1.17 bits per heavy atom. The topological polar surface area (TPSA) is 49.4 Å². The van der Waals surface area contributed by atoms with E-state index in [1.807, 2.05) is 19.2 Å². The van der Waals surface area contributed by atoms with Crippen molar-refractivity contribution in [2.45, 2.75) is 30.7 Å². The van der Waals surface area contributed by atoms with E-state index in [4.69, 9.17) is 0 Å². The van der Waals surface area contributed by atoms with Crippen LogP contribution in [0.25, 0.3) is 0 Å². The molecular formula is C13H20N2O2S. The smallest absolute Gasteiger partial charge is 0.243 e. The molecule has 4 nitrogen and oxygen atoms in total. The highest BCUT2D eigenvalue weighted by Gasteiger charge is 2.27. The minimum atomic E-state index is -3.32. The van der Waals surface area contributed by atoms with E-state index in [1.54, 1.807) is 16.4 Å². The van der Waals surface area contributed by atoms with Crippen LogP contribution in [0.1, 0.15) is 24.8 Å². The third-order valence-corrected chi connectivity index (χ3v) is 5.27. The molecule has 1 aromatic carbocycles. The molecule has 0 radical (unpaired) electrons. The molecular weight excluding hydrogens is 248 g/mol. The molecule has 1 fully saturated rings. The van der Waals surface area contributed by atoms with E-state index < -0.39 is 10.0 Å². The van der Waals surface area contributed by atoms with Gasteiger partial charge in [-0.25, -0.2) is 8.42 Å². The van der Waals surface area contributed by atoms with Gasteiger partial charge in [0.2, 0.25) is 10.0 Å². The summed E-state index contributed by atoms with van der Waals surface area (Å²) in [4.78, 5) is 0.446. The molecule has 100 valence electrons. The summed E-state index contributed by atoms with van der Waals surface area (Å²) in [5, 5.41) is 3.02. The monoisotopic (exact) mass is 268 g/mol. The minimum Gasteiger partial charge on any atom is -0.316 e. The Morgan fingerprint density at radius 2 is 1.83 bits per heavy atom. The summed E-state index contributed by atoms with van der Waals surface area (Å²) in [6.07, 6.45) is 3.06. The fourth-order valence-electron chi connectivity index (χ4n) is 2.34. The quantitative estimate of drug-likeness (QED) is 0.902. The maximum Gasteiger partial charge on any atom is 0.243 e. The van der Waals surface area contributed by atoms with Crippen molar-refractivity contribution in [3.8, 4) is 0 Å². The lowest BCUT2D eigenvalue weighted by molar-refractivity contribution is 0.346. The first-order chi connectivity index (χ1) is 8.66. The third-order valence-electron chi connectivity index (χ3n) is 3.27. The Hall–Kier alpha value is -0.910. The van der Waals surface area contributed by atoms with Gasteiger partial charge in [-0.1, -0.05) is 24.6 Å². The van der Waals surface area contributed by atoms with Crippen LogP contribution in [0.4, 0.5) is 0 Å². The Kier molecular flexibility index (Phi) is 4.37. The van der Waals surface area contributed by atoms with Crippen molar-refractivity contribution in [2.75, 3.05) is 20.1 Å². The standard InChI is InChI=1S/C13H20N2O2S/c1-14-11-12-7-3-4-8-13(12)18(16,17)15-9-5-2-6-10-15/h3-4,7-8,14H,2,5-6,9-11H2,1H3. The molecule has 0 unspecified atom stereocenters. The normalized spacial score (nSPS) is 17.8. The predicted molar refractivity (Wildman–Crippen MR) is 71.8 cm³/mol. The van der Waals surface area contributed by atoms with Crippen LogP contribution in [0, 0.1) is 0 Å². The Balaban J connectivity index is 2.34. The van der Waals surface area contributed by atoms with E-state index in [1.165, 1.54) is 0 Å². The van der Waals surface area contributed by atoms with Gasteiger partial charge < -0.3 is 5.32 Å². The molecule has 1 aliphatic rings. The molecule has 1 aromatic rings. The van der Waals surface area contributed by atoms with Crippen molar-refractivity contribution < 1.29 is 8.42 Å². The van der Waals surface area contributed by atoms with Crippen LogP contribution in [-0.2, 0) is 16.6 Å². The summed E-state index contributed by atoms with van der Waals surface area (Å²) in [7, 11) is -1.50. The zero-order valence-electron chi connectivity index (χ0n) is 10.7. The molecule has 1 saturated heterocycles. The van der Waals surface area contributed by atoms with Gasteiger partial charge in [-0.3, -0.25) is 0 Å². The first kappa shape index (κ1) is 13.5. The van der Waals surface area contributed by atoms with E-state index in [9.17, 15) is 8.42 Å². The summed E-state index contributed by atoms with van der Waals surface area (Å²) in [6.45, 7) is 1.87. The highest BCUT2D eigenvalue weighted by atomic mass is 32.2. The number of nitrogens with zero attached hydrogens (tertiary/aromatic N) is 1. The van der Waals surface area contributed by atoms with E-state index in [2.05, 4.69) is 5.32 Å². The Morgan fingerprint density at radius 3 is 2.50 bits per heavy atom. The molecule has 0 amide bonds. The van der Waals surface area contributed by atoms with Gasteiger partial charge in [0.15, 0.2) is 0 Å². The molecule has 1 aliphatic heterocycles. The average molecular weight is 268 g/mol. The minimum absolute atomic E-state index is 0.446. The summed E-state index contributed by atoms with van der Waals surface area (Å²) >= 11 is 0. The van der Waals surface area contributed by atoms with Crippen LogP contribution >= 0.6 is 0 Å². The maximum absolute atomic E-state index is 12.6. The molecule has 0 bridgehead atoms. The van der Waals surface area contributed by atoms with Crippen molar-refractivity contribution >= 4 is 10.0 Å². The molecule has 5 heteroatoms. The maximum atomic E-state index is 12.6. The fourth-order valence-corrected chi connectivity index (χ4v) is 4.08. The number of sulfonamides is 1. The second-order valence-electron chi connectivity index (χ2n) is 4.60. The molecule has 0 aromatic heterocycles. The molecule has 0 aliphatic carbocycles. The zero-order valence-corrected chi connectivity index (χ0v) is 11.5. The Labute approximate surface area is 109 Å². The molecule has 18 heavy (non-hydrogen) atoms. The molecule has 0 saturated carbocycles. The first-order valence-electron chi connectivity index (χ1n) is 6.39. The number of benzene rings is 1. The van der Waals surface area contributed by atoms with Gasteiger partial charge in [-0.05, 0) is 31.5 Å². The molecule has 0 spiro atoms. The van der Waals surface area contributed by atoms with Crippen LogP contribution in [0.15, 0.2) is 29.2 Å². The lowest BCUT2D eigenvalue weighted by Crippen LogP contribution is -2.36. The predicted octanol–water partition coefficient (Wildman–Crippen LogP) is 1.58. The summed E-state index contributed by atoms with van der Waals surface area (Å²) in [5.74, 6) is 0. The van der Waals surface area contributed by atoms with Crippen LogP contribution in [-0.4, -0.2) is 32.9 Å². The van der Waals surface area contributed by atoms with Gasteiger partial charge in [0, 0.05) is 19.6 Å². The SMILES string of the molecule is CNCc1ccccc1S(=O)(=O)N1CCCCC1. The Bertz CT molecular complexity index is 493. The van der Waals surface area contributed by atoms with Crippen LogP contribution in [0.3, 0.4) is 0 Å². The lowest BCUT2D eigenvalue weighted by atomic mass is 10.2. The van der Waals surface area contributed by atoms with Gasteiger partial charge in [0.1, 0.15) is 0 Å². The van der Waals surface area contributed by atoms with Gasteiger partial charge in [0.25, 0.3) is 0 Å².